The lowest BCUT2D eigenvalue weighted by atomic mass is 10.1. The Labute approximate surface area is 135 Å². The SMILES string of the molecule is COc1cc(-c2nc3ccccc3c(=O)[nH]2)cc([N+](=O)[O-])c1OC. The van der Waals surface area contributed by atoms with E-state index in [9.17, 15) is 14.9 Å². The van der Waals surface area contributed by atoms with Gasteiger partial charge in [0.1, 0.15) is 5.82 Å². The highest BCUT2D eigenvalue weighted by molar-refractivity contribution is 5.80. The van der Waals surface area contributed by atoms with Crippen molar-refractivity contribution in [3.05, 3.63) is 56.9 Å². The summed E-state index contributed by atoms with van der Waals surface area (Å²) in [5, 5.41) is 11.7. The fourth-order valence-corrected chi connectivity index (χ4v) is 2.44. The van der Waals surface area contributed by atoms with E-state index in [0.717, 1.165) is 0 Å². The van der Waals surface area contributed by atoms with E-state index in [-0.39, 0.29) is 28.6 Å². The smallest absolute Gasteiger partial charge is 0.315 e. The molecule has 0 atom stereocenters. The van der Waals surface area contributed by atoms with Crippen LogP contribution >= 0.6 is 0 Å². The van der Waals surface area contributed by atoms with Gasteiger partial charge in [-0.2, -0.15) is 0 Å². The van der Waals surface area contributed by atoms with Crippen LogP contribution in [0.25, 0.3) is 22.3 Å². The Morgan fingerprint density at radius 2 is 1.92 bits per heavy atom. The molecule has 24 heavy (non-hydrogen) atoms. The number of nitrogens with zero attached hydrogens (tertiary/aromatic N) is 2. The number of H-pyrrole nitrogens is 1. The van der Waals surface area contributed by atoms with Crippen LogP contribution in [0, 0.1) is 10.1 Å². The van der Waals surface area contributed by atoms with E-state index < -0.39 is 4.92 Å². The van der Waals surface area contributed by atoms with Gasteiger partial charge in [0.2, 0.25) is 5.75 Å². The zero-order valence-corrected chi connectivity index (χ0v) is 12.9. The molecular weight excluding hydrogens is 314 g/mol. The van der Waals surface area contributed by atoms with Crippen LogP contribution in [0.3, 0.4) is 0 Å². The predicted molar refractivity (Wildman–Crippen MR) is 87.6 cm³/mol. The summed E-state index contributed by atoms with van der Waals surface area (Å²) in [5.74, 6) is 0.398. The zero-order chi connectivity index (χ0) is 17.3. The molecule has 0 saturated heterocycles. The predicted octanol–water partition coefficient (Wildman–Crippen LogP) is 2.52. The molecule has 0 fully saturated rings. The number of methoxy groups -OCH3 is 2. The Balaban J connectivity index is 2.28. The van der Waals surface area contributed by atoms with E-state index in [1.807, 2.05) is 0 Å². The number of nitro groups is 1. The van der Waals surface area contributed by atoms with Crippen LogP contribution in [-0.4, -0.2) is 29.1 Å². The highest BCUT2D eigenvalue weighted by atomic mass is 16.6. The molecule has 3 rings (SSSR count). The Hall–Kier alpha value is -3.42. The lowest BCUT2D eigenvalue weighted by molar-refractivity contribution is -0.385. The number of hydrogen-bond donors (Lipinski definition) is 1. The Morgan fingerprint density at radius 3 is 2.58 bits per heavy atom. The van der Waals surface area contributed by atoms with Gasteiger partial charge in [-0.15, -0.1) is 0 Å². The van der Waals surface area contributed by atoms with Gasteiger partial charge >= 0.3 is 5.69 Å². The first-order valence-electron chi connectivity index (χ1n) is 6.95. The molecule has 1 N–H and O–H groups in total. The van der Waals surface area contributed by atoms with Gasteiger partial charge in [0.25, 0.3) is 5.56 Å². The van der Waals surface area contributed by atoms with Crippen molar-refractivity contribution in [2.45, 2.75) is 0 Å². The molecule has 0 aliphatic carbocycles. The topological polar surface area (TPSA) is 107 Å². The van der Waals surface area contributed by atoms with Crippen LogP contribution in [0.2, 0.25) is 0 Å². The molecule has 0 unspecified atom stereocenters. The van der Waals surface area contributed by atoms with E-state index in [0.29, 0.717) is 16.5 Å². The minimum absolute atomic E-state index is 0.00869. The first-order valence-corrected chi connectivity index (χ1v) is 6.95. The Bertz CT molecular complexity index is 997. The van der Waals surface area contributed by atoms with E-state index in [1.54, 1.807) is 24.3 Å². The number of nitrogens with one attached hydrogen (secondary N) is 1. The number of fused-ring (bicyclic) bond motifs is 1. The fourth-order valence-electron chi connectivity index (χ4n) is 2.44. The van der Waals surface area contributed by atoms with Gasteiger partial charge in [0.05, 0.1) is 30.0 Å². The van der Waals surface area contributed by atoms with Crippen molar-refractivity contribution in [3.63, 3.8) is 0 Å². The zero-order valence-electron chi connectivity index (χ0n) is 12.9. The van der Waals surface area contributed by atoms with Crippen LogP contribution < -0.4 is 15.0 Å². The lowest BCUT2D eigenvalue weighted by Crippen LogP contribution is -2.09. The van der Waals surface area contributed by atoms with Gasteiger partial charge in [-0.3, -0.25) is 14.9 Å². The van der Waals surface area contributed by atoms with E-state index in [4.69, 9.17) is 9.47 Å². The molecular formula is C16H13N3O5. The number of aromatic amines is 1. The molecule has 2 aromatic carbocycles. The van der Waals surface area contributed by atoms with Crippen LogP contribution in [0.15, 0.2) is 41.2 Å². The first kappa shape index (κ1) is 15.5. The van der Waals surface area contributed by atoms with Gasteiger partial charge in [0.15, 0.2) is 5.75 Å². The van der Waals surface area contributed by atoms with E-state index in [2.05, 4.69) is 9.97 Å². The molecule has 0 saturated carbocycles. The average molecular weight is 327 g/mol. The Morgan fingerprint density at radius 1 is 1.17 bits per heavy atom. The van der Waals surface area contributed by atoms with Crippen LogP contribution in [0.5, 0.6) is 11.5 Å². The number of ether oxygens (including phenoxy) is 2. The quantitative estimate of drug-likeness (QED) is 0.583. The molecule has 8 heteroatoms. The summed E-state index contributed by atoms with van der Waals surface area (Å²) in [6.45, 7) is 0. The van der Waals surface area contributed by atoms with Crippen molar-refractivity contribution in [3.8, 4) is 22.9 Å². The van der Waals surface area contributed by atoms with Gasteiger partial charge in [-0.25, -0.2) is 4.98 Å². The van der Waals surface area contributed by atoms with Crippen molar-refractivity contribution in [1.82, 2.24) is 9.97 Å². The summed E-state index contributed by atoms with van der Waals surface area (Å²) in [5.41, 5.74) is 0.242. The maximum absolute atomic E-state index is 12.2. The monoisotopic (exact) mass is 327 g/mol. The third-order valence-corrected chi connectivity index (χ3v) is 3.54. The summed E-state index contributed by atoms with van der Waals surface area (Å²) in [4.78, 5) is 29.9. The summed E-state index contributed by atoms with van der Waals surface area (Å²) in [6, 6.07) is 9.66. The number of aromatic nitrogens is 2. The maximum atomic E-state index is 12.2. The fraction of sp³-hybridized carbons (Fsp3) is 0.125. The van der Waals surface area contributed by atoms with Crippen molar-refractivity contribution in [2.24, 2.45) is 0 Å². The van der Waals surface area contributed by atoms with Gasteiger partial charge in [0, 0.05) is 11.6 Å². The molecule has 0 radical (unpaired) electrons. The number of hydrogen-bond acceptors (Lipinski definition) is 6. The number of rotatable bonds is 4. The maximum Gasteiger partial charge on any atom is 0.315 e. The summed E-state index contributed by atoms with van der Waals surface area (Å²) >= 11 is 0. The third-order valence-electron chi connectivity index (χ3n) is 3.54. The van der Waals surface area contributed by atoms with Crippen LogP contribution in [0.1, 0.15) is 0 Å². The molecule has 1 heterocycles. The summed E-state index contributed by atoms with van der Waals surface area (Å²) in [7, 11) is 2.70. The molecule has 122 valence electrons. The highest BCUT2D eigenvalue weighted by Crippen LogP contribution is 2.40. The standard InChI is InChI=1S/C16H13N3O5/c1-23-13-8-9(7-12(19(21)22)14(13)24-2)15-17-11-6-4-3-5-10(11)16(20)18-15/h3-8H,1-2H3,(H,17,18,20). The molecule has 3 aromatic rings. The minimum Gasteiger partial charge on any atom is -0.493 e. The van der Waals surface area contributed by atoms with E-state index in [1.165, 1.54) is 26.4 Å². The molecule has 0 bridgehead atoms. The van der Waals surface area contributed by atoms with Crippen molar-refractivity contribution in [1.29, 1.82) is 0 Å². The highest BCUT2D eigenvalue weighted by Gasteiger charge is 2.23. The van der Waals surface area contributed by atoms with Crippen molar-refractivity contribution >= 4 is 16.6 Å². The molecule has 0 amide bonds. The van der Waals surface area contributed by atoms with Crippen LogP contribution in [-0.2, 0) is 0 Å². The first-order chi connectivity index (χ1) is 11.5. The van der Waals surface area contributed by atoms with Gasteiger partial charge in [-0.1, -0.05) is 12.1 Å². The molecule has 1 aromatic heterocycles. The lowest BCUT2D eigenvalue weighted by Gasteiger charge is -2.10. The minimum atomic E-state index is -0.579. The average Bonchev–Trinajstić information content (AvgIpc) is 2.60. The molecule has 8 nitrogen and oxygen atoms in total. The Kier molecular flexibility index (Phi) is 3.87. The van der Waals surface area contributed by atoms with Gasteiger partial charge in [-0.05, 0) is 18.2 Å². The third kappa shape index (κ3) is 2.54. The number of para-hydroxylation sites is 1. The number of benzene rings is 2. The molecule has 0 spiro atoms. The van der Waals surface area contributed by atoms with Crippen molar-refractivity contribution < 1.29 is 14.4 Å². The summed E-state index contributed by atoms with van der Waals surface area (Å²) in [6.07, 6.45) is 0. The van der Waals surface area contributed by atoms with Crippen LogP contribution in [0.4, 0.5) is 5.69 Å². The second-order valence-corrected chi connectivity index (χ2v) is 4.92. The molecule has 0 aliphatic rings. The second kappa shape index (κ2) is 5.99. The van der Waals surface area contributed by atoms with Crippen molar-refractivity contribution in [2.75, 3.05) is 14.2 Å². The van der Waals surface area contributed by atoms with E-state index >= 15 is 0 Å². The molecule has 0 aliphatic heterocycles. The summed E-state index contributed by atoms with van der Waals surface area (Å²) < 4.78 is 10.2. The van der Waals surface area contributed by atoms with Gasteiger partial charge < -0.3 is 14.5 Å². The largest absolute Gasteiger partial charge is 0.493 e. The second-order valence-electron chi connectivity index (χ2n) is 4.92. The normalized spacial score (nSPS) is 10.6. The number of nitro benzene ring substituents is 1.